The lowest BCUT2D eigenvalue weighted by Crippen LogP contribution is -2.29. The molecule has 0 amide bonds. The highest BCUT2D eigenvalue weighted by molar-refractivity contribution is 7.10. The maximum absolute atomic E-state index is 13.8. The lowest BCUT2D eigenvalue weighted by Gasteiger charge is -2.16. The molecule has 2 aromatic rings. The smallest absolute Gasteiger partial charge is 0.129 e. The van der Waals surface area contributed by atoms with E-state index in [4.69, 9.17) is 17.4 Å². The second kappa shape index (κ2) is 5.14. The number of aryl methyl sites for hydroxylation is 1. The SMILES string of the molecule is Cc1cc(C(NN)c2ccc(Cl)cc2F)cs1. The first-order valence-electron chi connectivity index (χ1n) is 5.08. The molecule has 5 heteroatoms. The second-order valence-electron chi connectivity index (χ2n) is 3.76. The van der Waals surface area contributed by atoms with Gasteiger partial charge in [-0.05, 0) is 36.1 Å². The Kier molecular flexibility index (Phi) is 3.79. The van der Waals surface area contributed by atoms with Crippen molar-refractivity contribution in [3.63, 3.8) is 0 Å². The Labute approximate surface area is 108 Å². The van der Waals surface area contributed by atoms with Crippen LogP contribution in [-0.4, -0.2) is 0 Å². The van der Waals surface area contributed by atoms with E-state index in [2.05, 4.69) is 5.43 Å². The van der Waals surface area contributed by atoms with Crippen LogP contribution in [0.1, 0.15) is 22.0 Å². The number of rotatable bonds is 3. The van der Waals surface area contributed by atoms with E-state index in [1.807, 2.05) is 18.4 Å². The van der Waals surface area contributed by atoms with Crippen LogP contribution in [0.3, 0.4) is 0 Å². The van der Waals surface area contributed by atoms with Gasteiger partial charge in [0.1, 0.15) is 5.82 Å². The number of halogens is 2. The summed E-state index contributed by atoms with van der Waals surface area (Å²) in [5.41, 5.74) is 4.08. The molecule has 0 aliphatic rings. The summed E-state index contributed by atoms with van der Waals surface area (Å²) in [6.07, 6.45) is 0. The van der Waals surface area contributed by atoms with Crippen LogP contribution in [-0.2, 0) is 0 Å². The van der Waals surface area contributed by atoms with Gasteiger partial charge in [0.2, 0.25) is 0 Å². The lowest BCUT2D eigenvalue weighted by molar-refractivity contribution is 0.561. The van der Waals surface area contributed by atoms with Crippen LogP contribution < -0.4 is 11.3 Å². The van der Waals surface area contributed by atoms with E-state index in [-0.39, 0.29) is 11.9 Å². The summed E-state index contributed by atoms with van der Waals surface area (Å²) >= 11 is 7.33. The van der Waals surface area contributed by atoms with Crippen molar-refractivity contribution < 1.29 is 4.39 Å². The summed E-state index contributed by atoms with van der Waals surface area (Å²) in [6.45, 7) is 2.00. The molecule has 0 bridgehead atoms. The average molecular weight is 271 g/mol. The quantitative estimate of drug-likeness (QED) is 0.663. The fourth-order valence-corrected chi connectivity index (χ4v) is 2.61. The zero-order valence-electron chi connectivity index (χ0n) is 9.21. The zero-order valence-corrected chi connectivity index (χ0v) is 10.8. The average Bonchev–Trinajstić information content (AvgIpc) is 2.69. The van der Waals surface area contributed by atoms with Crippen LogP contribution in [0.2, 0.25) is 5.02 Å². The van der Waals surface area contributed by atoms with Gasteiger partial charge in [-0.3, -0.25) is 5.84 Å². The Bertz CT molecular complexity index is 527. The summed E-state index contributed by atoms with van der Waals surface area (Å²) in [4.78, 5) is 1.16. The predicted octanol–water partition coefficient (Wildman–Crippen LogP) is 3.40. The van der Waals surface area contributed by atoms with E-state index in [0.29, 0.717) is 10.6 Å². The molecule has 0 fully saturated rings. The van der Waals surface area contributed by atoms with Gasteiger partial charge in [-0.1, -0.05) is 17.7 Å². The third kappa shape index (κ3) is 2.66. The highest BCUT2D eigenvalue weighted by atomic mass is 35.5. The number of hydrazine groups is 1. The van der Waals surface area contributed by atoms with Crippen LogP contribution in [0.25, 0.3) is 0 Å². The molecule has 0 saturated heterocycles. The highest BCUT2D eigenvalue weighted by Gasteiger charge is 2.17. The summed E-state index contributed by atoms with van der Waals surface area (Å²) < 4.78 is 13.8. The zero-order chi connectivity index (χ0) is 12.4. The minimum atomic E-state index is -0.357. The molecule has 0 aliphatic heterocycles. The summed E-state index contributed by atoms with van der Waals surface area (Å²) in [7, 11) is 0. The number of nitrogens with two attached hydrogens (primary N) is 1. The summed E-state index contributed by atoms with van der Waals surface area (Å²) in [5, 5.41) is 2.34. The first kappa shape index (κ1) is 12.5. The van der Waals surface area contributed by atoms with E-state index >= 15 is 0 Å². The molecule has 1 aromatic carbocycles. The van der Waals surface area contributed by atoms with E-state index in [0.717, 1.165) is 10.4 Å². The van der Waals surface area contributed by atoms with Gasteiger partial charge in [0, 0.05) is 15.5 Å². The summed E-state index contributed by atoms with van der Waals surface area (Å²) in [6, 6.07) is 6.24. The maximum Gasteiger partial charge on any atom is 0.129 e. The van der Waals surface area contributed by atoms with Gasteiger partial charge in [-0.2, -0.15) is 0 Å². The van der Waals surface area contributed by atoms with Gasteiger partial charge in [0.25, 0.3) is 0 Å². The Morgan fingerprint density at radius 3 is 2.71 bits per heavy atom. The molecular weight excluding hydrogens is 259 g/mol. The number of thiophene rings is 1. The number of hydrogen-bond donors (Lipinski definition) is 2. The molecule has 1 aromatic heterocycles. The Balaban J connectivity index is 2.42. The molecule has 3 N–H and O–H groups in total. The standard InChI is InChI=1S/C12H12ClFN2S/c1-7-4-8(6-17-7)12(16-15)10-3-2-9(13)5-11(10)14/h2-6,12,16H,15H2,1H3. The Morgan fingerprint density at radius 1 is 1.41 bits per heavy atom. The first-order valence-corrected chi connectivity index (χ1v) is 6.33. The molecule has 0 spiro atoms. The van der Waals surface area contributed by atoms with Gasteiger partial charge < -0.3 is 0 Å². The van der Waals surface area contributed by atoms with E-state index in [1.165, 1.54) is 6.07 Å². The van der Waals surface area contributed by atoms with Crippen molar-refractivity contribution in [1.29, 1.82) is 0 Å². The molecule has 0 radical (unpaired) electrons. The highest BCUT2D eigenvalue weighted by Crippen LogP contribution is 2.28. The number of benzene rings is 1. The van der Waals surface area contributed by atoms with Gasteiger partial charge in [-0.15, -0.1) is 11.3 Å². The second-order valence-corrected chi connectivity index (χ2v) is 5.31. The first-order chi connectivity index (χ1) is 8.11. The molecule has 1 atom stereocenters. The normalized spacial score (nSPS) is 12.7. The van der Waals surface area contributed by atoms with Gasteiger partial charge in [0.15, 0.2) is 0 Å². The lowest BCUT2D eigenvalue weighted by atomic mass is 10.0. The topological polar surface area (TPSA) is 38.0 Å². The number of hydrogen-bond acceptors (Lipinski definition) is 3. The molecule has 90 valence electrons. The van der Waals surface area contributed by atoms with Gasteiger partial charge in [0.05, 0.1) is 6.04 Å². The largest absolute Gasteiger partial charge is 0.271 e. The van der Waals surface area contributed by atoms with Crippen LogP contribution in [0, 0.1) is 12.7 Å². The van der Waals surface area contributed by atoms with Crippen molar-refractivity contribution in [1.82, 2.24) is 5.43 Å². The molecule has 1 heterocycles. The van der Waals surface area contributed by atoms with Crippen molar-refractivity contribution in [2.75, 3.05) is 0 Å². The van der Waals surface area contributed by atoms with Crippen LogP contribution in [0.15, 0.2) is 29.6 Å². The maximum atomic E-state index is 13.8. The van der Waals surface area contributed by atoms with Gasteiger partial charge >= 0.3 is 0 Å². The summed E-state index contributed by atoms with van der Waals surface area (Å²) in [5.74, 6) is 5.15. The third-order valence-electron chi connectivity index (χ3n) is 2.52. The van der Waals surface area contributed by atoms with Crippen molar-refractivity contribution in [3.05, 3.63) is 56.5 Å². The van der Waals surface area contributed by atoms with E-state index < -0.39 is 0 Å². The van der Waals surface area contributed by atoms with Crippen molar-refractivity contribution in [2.24, 2.45) is 5.84 Å². The fraction of sp³-hybridized carbons (Fsp3) is 0.167. The fourth-order valence-electron chi connectivity index (χ4n) is 1.72. The molecule has 2 rings (SSSR count). The minimum absolute atomic E-state index is 0.350. The van der Waals surface area contributed by atoms with Crippen molar-refractivity contribution in [2.45, 2.75) is 13.0 Å². The molecular formula is C12H12ClFN2S. The van der Waals surface area contributed by atoms with Crippen molar-refractivity contribution >= 4 is 22.9 Å². The molecule has 0 aliphatic carbocycles. The third-order valence-corrected chi connectivity index (χ3v) is 3.64. The van der Waals surface area contributed by atoms with Crippen molar-refractivity contribution in [3.8, 4) is 0 Å². The van der Waals surface area contributed by atoms with E-state index in [1.54, 1.807) is 23.5 Å². The Morgan fingerprint density at radius 2 is 2.18 bits per heavy atom. The molecule has 2 nitrogen and oxygen atoms in total. The van der Waals surface area contributed by atoms with E-state index in [9.17, 15) is 4.39 Å². The monoisotopic (exact) mass is 270 g/mol. The molecule has 0 saturated carbocycles. The van der Waals surface area contributed by atoms with Crippen LogP contribution in [0.4, 0.5) is 4.39 Å². The van der Waals surface area contributed by atoms with Crippen LogP contribution >= 0.6 is 22.9 Å². The predicted molar refractivity (Wildman–Crippen MR) is 69.6 cm³/mol. The molecule has 17 heavy (non-hydrogen) atoms. The minimum Gasteiger partial charge on any atom is -0.271 e. The number of nitrogens with one attached hydrogen (secondary N) is 1. The van der Waals surface area contributed by atoms with Crippen LogP contribution in [0.5, 0.6) is 0 Å². The molecule has 1 unspecified atom stereocenters. The van der Waals surface area contributed by atoms with Gasteiger partial charge in [-0.25, -0.2) is 9.82 Å². The Hall–Kier alpha value is -0.940.